The largest absolute Gasteiger partial charge is 0.481 e. The predicted molar refractivity (Wildman–Crippen MR) is 77.4 cm³/mol. The van der Waals surface area contributed by atoms with Crippen molar-refractivity contribution in [2.24, 2.45) is 0 Å². The Balaban J connectivity index is 1.89. The molecule has 0 spiro atoms. The summed E-state index contributed by atoms with van der Waals surface area (Å²) in [5.74, 6) is -3.70. The lowest BCUT2D eigenvalue weighted by Gasteiger charge is -2.14. The second-order valence-corrected chi connectivity index (χ2v) is 5.43. The highest BCUT2D eigenvalue weighted by Gasteiger charge is 2.16. The van der Waals surface area contributed by atoms with Gasteiger partial charge in [-0.15, -0.1) is 11.3 Å². The fraction of sp³-hybridized carbons (Fsp3) is 0.214. The zero-order valence-corrected chi connectivity index (χ0v) is 12.7. The molecule has 23 heavy (non-hydrogen) atoms. The van der Waals surface area contributed by atoms with Crippen LogP contribution in [0.15, 0.2) is 23.6 Å². The summed E-state index contributed by atoms with van der Waals surface area (Å²) >= 11 is 1.10. The first-order valence-electron chi connectivity index (χ1n) is 6.44. The van der Waals surface area contributed by atoms with Gasteiger partial charge in [0.2, 0.25) is 0 Å². The van der Waals surface area contributed by atoms with Gasteiger partial charge >= 0.3 is 5.97 Å². The number of carbonyl (C=O) groups is 2. The molecule has 0 aliphatic carbocycles. The Kier molecular flexibility index (Phi) is 5.22. The minimum Gasteiger partial charge on any atom is -0.481 e. The van der Waals surface area contributed by atoms with Crippen molar-refractivity contribution in [2.45, 2.75) is 19.6 Å². The Morgan fingerprint density at radius 1 is 1.39 bits per heavy atom. The summed E-state index contributed by atoms with van der Waals surface area (Å²) in [6.07, 6.45) is -0.946. The Morgan fingerprint density at radius 2 is 2.13 bits per heavy atom. The maximum Gasteiger partial charge on any atom is 0.355 e. The van der Waals surface area contributed by atoms with Gasteiger partial charge in [-0.2, -0.15) is 0 Å². The summed E-state index contributed by atoms with van der Waals surface area (Å²) in [5.41, 5.74) is -0.0923. The van der Waals surface area contributed by atoms with Gasteiger partial charge in [-0.3, -0.25) is 4.79 Å². The van der Waals surface area contributed by atoms with E-state index in [0.717, 1.165) is 23.5 Å². The number of ether oxygens (including phenoxy) is 1. The van der Waals surface area contributed by atoms with Crippen LogP contribution in [0.4, 0.5) is 8.78 Å². The maximum absolute atomic E-state index is 13.1. The first-order valence-corrected chi connectivity index (χ1v) is 7.32. The highest BCUT2D eigenvalue weighted by molar-refractivity contribution is 7.09. The second-order valence-electron chi connectivity index (χ2n) is 4.49. The van der Waals surface area contributed by atoms with Gasteiger partial charge in [0.05, 0.1) is 6.54 Å². The van der Waals surface area contributed by atoms with Crippen LogP contribution < -0.4 is 10.1 Å². The van der Waals surface area contributed by atoms with Crippen LogP contribution in [0.1, 0.15) is 22.4 Å². The van der Waals surface area contributed by atoms with Crippen molar-refractivity contribution in [1.29, 1.82) is 0 Å². The molecule has 0 saturated carbocycles. The molecule has 2 aromatic rings. The molecular weight excluding hydrogens is 330 g/mol. The van der Waals surface area contributed by atoms with Gasteiger partial charge in [0.15, 0.2) is 23.4 Å². The van der Waals surface area contributed by atoms with Crippen LogP contribution in [0.3, 0.4) is 0 Å². The van der Waals surface area contributed by atoms with E-state index in [2.05, 4.69) is 10.3 Å². The van der Waals surface area contributed by atoms with Crippen molar-refractivity contribution in [3.05, 3.63) is 45.9 Å². The predicted octanol–water partition coefficient (Wildman–Crippen LogP) is 2.20. The molecule has 0 radical (unpaired) electrons. The summed E-state index contributed by atoms with van der Waals surface area (Å²) in [7, 11) is 0. The topological polar surface area (TPSA) is 88.5 Å². The van der Waals surface area contributed by atoms with E-state index in [9.17, 15) is 18.4 Å². The zero-order chi connectivity index (χ0) is 17.0. The zero-order valence-electron chi connectivity index (χ0n) is 11.9. The average Bonchev–Trinajstić information content (AvgIpc) is 2.97. The molecule has 2 rings (SSSR count). The normalized spacial score (nSPS) is 11.8. The lowest BCUT2D eigenvalue weighted by atomic mass is 10.3. The van der Waals surface area contributed by atoms with Crippen LogP contribution in [0.5, 0.6) is 5.75 Å². The Hall–Kier alpha value is -2.55. The summed E-state index contributed by atoms with van der Waals surface area (Å²) in [6, 6.07) is 2.96. The number of nitrogens with one attached hydrogen (secondary N) is 1. The molecule has 0 bridgehead atoms. The summed E-state index contributed by atoms with van der Waals surface area (Å²) in [4.78, 5) is 26.4. The number of carbonyl (C=O) groups excluding carboxylic acids is 1. The van der Waals surface area contributed by atoms with Gasteiger partial charge < -0.3 is 15.2 Å². The van der Waals surface area contributed by atoms with E-state index in [4.69, 9.17) is 9.84 Å². The van der Waals surface area contributed by atoms with Gasteiger partial charge in [0.25, 0.3) is 5.91 Å². The molecule has 1 heterocycles. The van der Waals surface area contributed by atoms with Crippen molar-refractivity contribution in [2.75, 3.05) is 0 Å². The van der Waals surface area contributed by atoms with E-state index in [0.29, 0.717) is 5.01 Å². The molecule has 9 heteroatoms. The number of nitrogens with zero attached hydrogens (tertiary/aromatic N) is 1. The fourth-order valence-corrected chi connectivity index (χ4v) is 2.31. The Bertz CT molecular complexity index is 735. The third-order valence-corrected chi connectivity index (χ3v) is 3.61. The number of aromatic nitrogens is 1. The number of aromatic carboxylic acids is 1. The molecule has 1 atom stereocenters. The SMILES string of the molecule is C[C@H](Oc1ccc(F)c(F)c1)C(=O)NCc1nc(C(=O)O)cs1. The number of rotatable bonds is 6. The third kappa shape index (κ3) is 4.46. The summed E-state index contributed by atoms with van der Waals surface area (Å²) in [6.45, 7) is 1.49. The second kappa shape index (κ2) is 7.14. The number of hydrogen-bond acceptors (Lipinski definition) is 5. The van der Waals surface area contributed by atoms with Crippen molar-refractivity contribution in [1.82, 2.24) is 10.3 Å². The van der Waals surface area contributed by atoms with Gasteiger partial charge in [0, 0.05) is 11.4 Å². The standard InChI is InChI=1S/C14H12F2N2O4S/c1-7(22-8-2-3-9(15)10(16)4-8)13(19)17-5-12-18-11(6-23-12)14(20)21/h2-4,6-7H,5H2,1H3,(H,17,19)(H,20,21)/t7-/m0/s1. The smallest absolute Gasteiger partial charge is 0.355 e. The lowest BCUT2D eigenvalue weighted by molar-refractivity contribution is -0.127. The van der Waals surface area contributed by atoms with Gasteiger partial charge in [0.1, 0.15) is 10.8 Å². The van der Waals surface area contributed by atoms with Gasteiger partial charge in [-0.1, -0.05) is 0 Å². The van der Waals surface area contributed by atoms with E-state index in [-0.39, 0.29) is 18.0 Å². The summed E-state index contributed by atoms with van der Waals surface area (Å²) in [5, 5.41) is 13.1. The highest BCUT2D eigenvalue weighted by atomic mass is 32.1. The van der Waals surface area contributed by atoms with Crippen LogP contribution in [0.2, 0.25) is 0 Å². The molecule has 6 nitrogen and oxygen atoms in total. The van der Waals surface area contributed by atoms with E-state index < -0.39 is 29.6 Å². The highest BCUT2D eigenvalue weighted by Crippen LogP contribution is 2.17. The minimum absolute atomic E-state index is 0.0222. The Morgan fingerprint density at radius 3 is 2.74 bits per heavy atom. The minimum atomic E-state index is -1.14. The molecule has 0 fully saturated rings. The Labute approximate surface area is 133 Å². The molecule has 0 aliphatic heterocycles. The van der Waals surface area contributed by atoms with E-state index in [1.54, 1.807) is 0 Å². The molecule has 122 valence electrons. The number of halogens is 2. The monoisotopic (exact) mass is 342 g/mol. The molecule has 0 unspecified atom stereocenters. The van der Waals surface area contributed by atoms with Gasteiger partial charge in [-0.25, -0.2) is 18.6 Å². The molecule has 1 amide bonds. The number of hydrogen-bond donors (Lipinski definition) is 2. The van der Waals surface area contributed by atoms with Gasteiger partial charge in [-0.05, 0) is 19.1 Å². The first kappa shape index (κ1) is 16.8. The molecule has 0 saturated heterocycles. The van der Waals surface area contributed by atoms with Crippen LogP contribution in [0.25, 0.3) is 0 Å². The third-order valence-electron chi connectivity index (χ3n) is 2.76. The van der Waals surface area contributed by atoms with Crippen LogP contribution in [-0.2, 0) is 11.3 Å². The van der Waals surface area contributed by atoms with E-state index in [1.807, 2.05) is 0 Å². The summed E-state index contributed by atoms with van der Waals surface area (Å²) < 4.78 is 31.1. The van der Waals surface area contributed by atoms with E-state index in [1.165, 1.54) is 18.4 Å². The number of amides is 1. The molecule has 1 aromatic heterocycles. The van der Waals surface area contributed by atoms with Crippen LogP contribution in [0, 0.1) is 11.6 Å². The lowest BCUT2D eigenvalue weighted by Crippen LogP contribution is -2.35. The van der Waals surface area contributed by atoms with Crippen LogP contribution in [-0.4, -0.2) is 28.1 Å². The molecule has 2 N–H and O–H groups in total. The van der Waals surface area contributed by atoms with Crippen LogP contribution >= 0.6 is 11.3 Å². The molecular formula is C14H12F2N2O4S. The number of benzene rings is 1. The van der Waals surface area contributed by atoms with Crippen molar-refractivity contribution in [3.63, 3.8) is 0 Å². The molecule has 1 aromatic carbocycles. The first-order chi connectivity index (χ1) is 10.9. The average molecular weight is 342 g/mol. The van der Waals surface area contributed by atoms with E-state index >= 15 is 0 Å². The maximum atomic E-state index is 13.1. The van der Waals surface area contributed by atoms with Crippen molar-refractivity contribution in [3.8, 4) is 5.75 Å². The van der Waals surface area contributed by atoms with Crippen molar-refractivity contribution >= 4 is 23.2 Å². The van der Waals surface area contributed by atoms with Crippen molar-refractivity contribution < 1.29 is 28.2 Å². The number of thiazole rings is 1. The number of carboxylic acid groups (broad SMARTS) is 1. The fourth-order valence-electron chi connectivity index (χ4n) is 1.60. The quantitative estimate of drug-likeness (QED) is 0.840. The number of carboxylic acids is 1. The molecule has 0 aliphatic rings.